The Morgan fingerprint density at radius 2 is 1.94 bits per heavy atom. The molecule has 3 heteroatoms. The van der Waals surface area contributed by atoms with Crippen LogP contribution in [0, 0.1) is 6.92 Å². The van der Waals surface area contributed by atoms with Crippen molar-refractivity contribution in [1.29, 1.82) is 0 Å². The smallest absolute Gasteiger partial charge is 0.0470 e. The zero-order valence-electron chi connectivity index (χ0n) is 11.0. The lowest BCUT2D eigenvalue weighted by molar-refractivity contribution is 0.200. The van der Waals surface area contributed by atoms with Crippen LogP contribution < -0.4 is 5.73 Å². The van der Waals surface area contributed by atoms with Crippen molar-refractivity contribution in [2.45, 2.75) is 31.6 Å². The first-order valence-electron chi connectivity index (χ1n) is 6.08. The summed E-state index contributed by atoms with van der Waals surface area (Å²) in [4.78, 5) is 0. The highest BCUT2D eigenvalue weighted by molar-refractivity contribution is 7.99. The van der Waals surface area contributed by atoms with E-state index < -0.39 is 0 Å². The van der Waals surface area contributed by atoms with Crippen LogP contribution >= 0.6 is 11.8 Å². The van der Waals surface area contributed by atoms with E-state index in [1.165, 1.54) is 11.1 Å². The molecular formula is C14H23NOS. The molecule has 2 N–H and O–H groups in total. The minimum atomic E-state index is 0.172. The second kappa shape index (κ2) is 7.75. The number of hydrogen-bond donors (Lipinski definition) is 1. The van der Waals surface area contributed by atoms with Gasteiger partial charge in [-0.25, -0.2) is 0 Å². The van der Waals surface area contributed by atoms with Crippen LogP contribution in [0.2, 0.25) is 0 Å². The fraction of sp³-hybridized carbons (Fsp3) is 0.571. The molecule has 0 radical (unpaired) electrons. The number of ether oxygens (including phenoxy) is 1. The Hall–Kier alpha value is -0.510. The summed E-state index contributed by atoms with van der Waals surface area (Å²) in [5.74, 6) is 1.09. The normalized spacial score (nSPS) is 14.6. The van der Waals surface area contributed by atoms with E-state index in [0.717, 1.165) is 18.8 Å². The first kappa shape index (κ1) is 14.6. The predicted octanol–water partition coefficient (Wildman–Crippen LogP) is 3.15. The standard InChI is InChI=1S/C14H23NOS/c1-11-5-7-13(8-6-11)14(12(2)15)17-10-4-9-16-3/h5-8,12,14H,4,9-10,15H2,1-3H3. The molecular weight excluding hydrogens is 230 g/mol. The largest absolute Gasteiger partial charge is 0.385 e. The Labute approximate surface area is 109 Å². The van der Waals surface area contributed by atoms with E-state index in [2.05, 4.69) is 38.1 Å². The molecule has 1 rings (SSSR count). The van der Waals surface area contributed by atoms with E-state index >= 15 is 0 Å². The van der Waals surface area contributed by atoms with Crippen molar-refractivity contribution in [3.8, 4) is 0 Å². The van der Waals surface area contributed by atoms with E-state index in [9.17, 15) is 0 Å². The molecule has 0 saturated heterocycles. The average Bonchev–Trinajstić information content (AvgIpc) is 2.30. The van der Waals surface area contributed by atoms with Gasteiger partial charge in [-0.3, -0.25) is 0 Å². The van der Waals surface area contributed by atoms with E-state index in [0.29, 0.717) is 5.25 Å². The fourth-order valence-corrected chi connectivity index (χ4v) is 2.91. The SMILES string of the molecule is COCCCSC(c1ccc(C)cc1)C(C)N. The molecule has 0 amide bonds. The van der Waals surface area contributed by atoms with Gasteiger partial charge < -0.3 is 10.5 Å². The molecule has 1 aromatic carbocycles. The minimum absolute atomic E-state index is 0.172. The average molecular weight is 253 g/mol. The molecule has 2 nitrogen and oxygen atoms in total. The van der Waals surface area contributed by atoms with Crippen molar-refractivity contribution in [1.82, 2.24) is 0 Å². The molecule has 96 valence electrons. The Balaban J connectivity index is 2.56. The highest BCUT2D eigenvalue weighted by atomic mass is 32.2. The molecule has 0 saturated carbocycles. The van der Waals surface area contributed by atoms with Gasteiger partial charge in [-0.1, -0.05) is 29.8 Å². The second-order valence-electron chi connectivity index (χ2n) is 4.41. The number of aryl methyl sites for hydroxylation is 1. The van der Waals surface area contributed by atoms with Crippen molar-refractivity contribution in [3.05, 3.63) is 35.4 Å². The number of methoxy groups -OCH3 is 1. The van der Waals surface area contributed by atoms with Crippen LogP contribution in [0.25, 0.3) is 0 Å². The van der Waals surface area contributed by atoms with E-state index in [1.54, 1.807) is 7.11 Å². The van der Waals surface area contributed by atoms with Gasteiger partial charge in [0.15, 0.2) is 0 Å². The summed E-state index contributed by atoms with van der Waals surface area (Å²) in [5, 5.41) is 0.382. The van der Waals surface area contributed by atoms with Crippen molar-refractivity contribution in [2.75, 3.05) is 19.5 Å². The monoisotopic (exact) mass is 253 g/mol. The molecule has 0 heterocycles. The van der Waals surface area contributed by atoms with Crippen molar-refractivity contribution in [2.24, 2.45) is 5.73 Å². The quantitative estimate of drug-likeness (QED) is 0.758. The van der Waals surface area contributed by atoms with E-state index in [-0.39, 0.29) is 6.04 Å². The van der Waals surface area contributed by atoms with Gasteiger partial charge in [0, 0.05) is 25.0 Å². The Kier molecular flexibility index (Phi) is 6.63. The van der Waals surface area contributed by atoms with Gasteiger partial charge in [0.05, 0.1) is 0 Å². The molecule has 17 heavy (non-hydrogen) atoms. The molecule has 2 atom stereocenters. The third kappa shape index (κ3) is 5.11. The molecule has 2 unspecified atom stereocenters. The molecule has 0 aromatic heterocycles. The molecule has 1 aromatic rings. The third-order valence-electron chi connectivity index (χ3n) is 2.67. The van der Waals surface area contributed by atoms with Gasteiger partial charge in [-0.05, 0) is 31.6 Å². The molecule has 0 aliphatic carbocycles. The lowest BCUT2D eigenvalue weighted by Crippen LogP contribution is -2.23. The van der Waals surface area contributed by atoms with E-state index in [1.807, 2.05) is 11.8 Å². The maximum atomic E-state index is 6.07. The van der Waals surface area contributed by atoms with Crippen molar-refractivity contribution in [3.63, 3.8) is 0 Å². The third-order valence-corrected chi connectivity index (χ3v) is 4.26. The summed E-state index contributed by atoms with van der Waals surface area (Å²) in [6.07, 6.45) is 1.08. The highest BCUT2D eigenvalue weighted by Gasteiger charge is 2.16. The maximum Gasteiger partial charge on any atom is 0.0470 e. The number of rotatable bonds is 7. The van der Waals surface area contributed by atoms with Gasteiger partial charge in [-0.2, -0.15) is 11.8 Å². The number of thioether (sulfide) groups is 1. The van der Waals surface area contributed by atoms with Crippen molar-refractivity contribution < 1.29 is 4.74 Å². The summed E-state index contributed by atoms with van der Waals surface area (Å²) in [5.41, 5.74) is 8.69. The first-order valence-corrected chi connectivity index (χ1v) is 7.12. The predicted molar refractivity (Wildman–Crippen MR) is 76.5 cm³/mol. The number of hydrogen-bond acceptors (Lipinski definition) is 3. The Morgan fingerprint density at radius 3 is 2.47 bits per heavy atom. The minimum Gasteiger partial charge on any atom is -0.385 e. The lowest BCUT2D eigenvalue weighted by atomic mass is 10.1. The van der Waals surface area contributed by atoms with Gasteiger partial charge in [-0.15, -0.1) is 0 Å². The lowest BCUT2D eigenvalue weighted by Gasteiger charge is -2.21. The molecule has 0 spiro atoms. The van der Waals surface area contributed by atoms with Crippen LogP contribution in [-0.2, 0) is 4.74 Å². The zero-order chi connectivity index (χ0) is 12.7. The maximum absolute atomic E-state index is 6.07. The van der Waals surface area contributed by atoms with Crippen LogP contribution in [-0.4, -0.2) is 25.5 Å². The summed E-state index contributed by atoms with van der Waals surface area (Å²) < 4.78 is 5.06. The Morgan fingerprint density at radius 1 is 1.29 bits per heavy atom. The summed E-state index contributed by atoms with van der Waals surface area (Å²) in [6.45, 7) is 5.01. The van der Waals surface area contributed by atoms with Gasteiger partial charge >= 0.3 is 0 Å². The van der Waals surface area contributed by atoms with Crippen molar-refractivity contribution >= 4 is 11.8 Å². The second-order valence-corrected chi connectivity index (χ2v) is 5.66. The van der Waals surface area contributed by atoms with Crippen LogP contribution in [0.4, 0.5) is 0 Å². The van der Waals surface area contributed by atoms with Crippen LogP contribution in [0.5, 0.6) is 0 Å². The highest BCUT2D eigenvalue weighted by Crippen LogP contribution is 2.31. The van der Waals surface area contributed by atoms with Gasteiger partial charge in [0.2, 0.25) is 0 Å². The molecule has 0 bridgehead atoms. The fourth-order valence-electron chi connectivity index (χ4n) is 1.72. The van der Waals surface area contributed by atoms with Crippen LogP contribution in [0.1, 0.15) is 29.7 Å². The molecule has 0 aliphatic rings. The Bertz CT molecular complexity index is 311. The summed E-state index contributed by atoms with van der Waals surface area (Å²) in [6, 6.07) is 8.85. The summed E-state index contributed by atoms with van der Waals surface area (Å²) >= 11 is 1.92. The van der Waals surface area contributed by atoms with E-state index in [4.69, 9.17) is 10.5 Å². The molecule has 0 aliphatic heterocycles. The van der Waals surface area contributed by atoms with Gasteiger partial charge in [0.1, 0.15) is 0 Å². The number of benzene rings is 1. The van der Waals surface area contributed by atoms with Gasteiger partial charge in [0.25, 0.3) is 0 Å². The molecule has 0 fully saturated rings. The number of nitrogens with two attached hydrogens (primary N) is 1. The summed E-state index contributed by atoms with van der Waals surface area (Å²) in [7, 11) is 1.74. The first-order chi connectivity index (χ1) is 8.15. The zero-order valence-corrected chi connectivity index (χ0v) is 11.8. The van der Waals surface area contributed by atoms with Crippen LogP contribution in [0.15, 0.2) is 24.3 Å². The topological polar surface area (TPSA) is 35.2 Å². The van der Waals surface area contributed by atoms with Crippen LogP contribution in [0.3, 0.4) is 0 Å².